The van der Waals surface area contributed by atoms with Crippen molar-refractivity contribution >= 4 is 17.5 Å². The predicted octanol–water partition coefficient (Wildman–Crippen LogP) is 1.54. The molecule has 1 aromatic rings. The van der Waals surface area contributed by atoms with E-state index in [1.54, 1.807) is 0 Å². The average molecular weight is 359 g/mol. The van der Waals surface area contributed by atoms with Crippen LogP contribution in [-0.2, 0) is 9.53 Å². The number of carbonyl (C=O) groups is 1. The molecule has 1 aromatic heterocycles. The summed E-state index contributed by atoms with van der Waals surface area (Å²) in [6, 6.07) is 4.15. The van der Waals surface area contributed by atoms with Crippen LogP contribution in [-0.4, -0.2) is 73.0 Å². The monoisotopic (exact) mass is 359 g/mol. The summed E-state index contributed by atoms with van der Waals surface area (Å²) >= 11 is 0. The van der Waals surface area contributed by atoms with Crippen LogP contribution in [0.3, 0.4) is 0 Å². The van der Waals surface area contributed by atoms with Crippen LogP contribution < -0.4 is 9.80 Å². The number of aromatic nitrogens is 2. The van der Waals surface area contributed by atoms with Gasteiger partial charge in [-0.15, -0.1) is 10.2 Å². The summed E-state index contributed by atoms with van der Waals surface area (Å²) in [5, 5.41) is 8.90. The van der Waals surface area contributed by atoms with Crippen molar-refractivity contribution in [3.63, 3.8) is 0 Å². The molecule has 3 aliphatic heterocycles. The van der Waals surface area contributed by atoms with Crippen LogP contribution in [0, 0.1) is 5.92 Å². The average Bonchev–Trinajstić information content (AvgIpc) is 3.23. The fourth-order valence-corrected chi connectivity index (χ4v) is 4.03. The molecule has 0 aliphatic carbocycles. The Bertz CT molecular complexity index is 601. The molecule has 1 atom stereocenters. The third-order valence-electron chi connectivity index (χ3n) is 5.86. The van der Waals surface area contributed by atoms with Gasteiger partial charge in [-0.1, -0.05) is 6.92 Å². The fraction of sp³-hybridized carbons (Fsp3) is 0.737. The van der Waals surface area contributed by atoms with Crippen LogP contribution in [0.1, 0.15) is 32.6 Å². The molecule has 0 N–H and O–H groups in total. The molecule has 0 aromatic carbocycles. The summed E-state index contributed by atoms with van der Waals surface area (Å²) in [6.07, 6.45) is 4.09. The lowest BCUT2D eigenvalue weighted by molar-refractivity contribution is -0.141. The van der Waals surface area contributed by atoms with Gasteiger partial charge in [0.1, 0.15) is 6.10 Å². The van der Waals surface area contributed by atoms with E-state index in [0.717, 1.165) is 69.7 Å². The maximum absolute atomic E-state index is 12.4. The maximum Gasteiger partial charge on any atom is 0.251 e. The SMILES string of the molecule is CC1CCN(c2ccc(N3CCN(C(=O)C4CCCO4)CC3)nn2)CC1. The van der Waals surface area contributed by atoms with E-state index in [4.69, 9.17) is 4.74 Å². The molecule has 142 valence electrons. The van der Waals surface area contributed by atoms with Crippen molar-refractivity contribution in [2.45, 2.75) is 38.7 Å². The Hall–Kier alpha value is -1.89. The van der Waals surface area contributed by atoms with E-state index in [9.17, 15) is 4.79 Å². The van der Waals surface area contributed by atoms with Gasteiger partial charge in [-0.3, -0.25) is 4.79 Å². The lowest BCUT2D eigenvalue weighted by Gasteiger charge is -2.36. The van der Waals surface area contributed by atoms with Gasteiger partial charge >= 0.3 is 0 Å². The summed E-state index contributed by atoms with van der Waals surface area (Å²) < 4.78 is 5.53. The molecule has 0 radical (unpaired) electrons. The first kappa shape index (κ1) is 17.5. The number of amides is 1. The summed E-state index contributed by atoms with van der Waals surface area (Å²) in [5.41, 5.74) is 0. The summed E-state index contributed by atoms with van der Waals surface area (Å²) in [5.74, 6) is 2.85. The Morgan fingerprint density at radius 1 is 0.962 bits per heavy atom. The standard InChI is InChI=1S/C19H29N5O2/c1-15-6-8-22(9-7-15)17-4-5-18(21-20-17)23-10-12-24(13-11-23)19(25)16-3-2-14-26-16/h4-5,15-16H,2-3,6-14H2,1H3. The molecule has 0 saturated carbocycles. The largest absolute Gasteiger partial charge is 0.368 e. The van der Waals surface area contributed by atoms with Crippen LogP contribution in [0.15, 0.2) is 12.1 Å². The zero-order chi connectivity index (χ0) is 17.9. The van der Waals surface area contributed by atoms with Gasteiger partial charge in [-0.05, 0) is 43.7 Å². The molecule has 3 saturated heterocycles. The van der Waals surface area contributed by atoms with Gasteiger partial charge in [0.05, 0.1) is 0 Å². The van der Waals surface area contributed by atoms with E-state index in [0.29, 0.717) is 6.61 Å². The first-order valence-electron chi connectivity index (χ1n) is 9.95. The molecule has 0 spiro atoms. The first-order valence-corrected chi connectivity index (χ1v) is 9.95. The van der Waals surface area contributed by atoms with E-state index in [1.807, 2.05) is 4.90 Å². The summed E-state index contributed by atoms with van der Waals surface area (Å²) in [4.78, 5) is 18.9. The maximum atomic E-state index is 12.4. The molecule has 4 heterocycles. The minimum absolute atomic E-state index is 0.155. The second-order valence-electron chi connectivity index (χ2n) is 7.73. The Morgan fingerprint density at radius 2 is 1.58 bits per heavy atom. The number of ether oxygens (including phenoxy) is 1. The highest BCUT2D eigenvalue weighted by molar-refractivity contribution is 5.81. The van der Waals surface area contributed by atoms with Gasteiger partial charge in [0.2, 0.25) is 0 Å². The lowest BCUT2D eigenvalue weighted by Crippen LogP contribution is -2.51. The van der Waals surface area contributed by atoms with Crippen LogP contribution in [0.2, 0.25) is 0 Å². The zero-order valence-electron chi connectivity index (χ0n) is 15.6. The fourth-order valence-electron chi connectivity index (χ4n) is 4.03. The Kier molecular flexibility index (Phi) is 5.24. The minimum Gasteiger partial charge on any atom is -0.368 e. The summed E-state index contributed by atoms with van der Waals surface area (Å²) in [7, 11) is 0. The number of rotatable bonds is 3. The highest BCUT2D eigenvalue weighted by atomic mass is 16.5. The smallest absolute Gasteiger partial charge is 0.251 e. The normalized spacial score (nSPS) is 25.0. The molecule has 0 bridgehead atoms. The third kappa shape index (κ3) is 3.77. The van der Waals surface area contributed by atoms with Crippen LogP contribution in [0.4, 0.5) is 11.6 Å². The van der Waals surface area contributed by atoms with E-state index in [2.05, 4.69) is 39.1 Å². The Balaban J connectivity index is 1.31. The number of piperidine rings is 1. The van der Waals surface area contributed by atoms with Crippen LogP contribution in [0.5, 0.6) is 0 Å². The number of nitrogens with zero attached hydrogens (tertiary/aromatic N) is 5. The van der Waals surface area contributed by atoms with Gasteiger partial charge in [0, 0.05) is 45.9 Å². The molecule has 1 unspecified atom stereocenters. The van der Waals surface area contributed by atoms with Crippen molar-refractivity contribution in [2.24, 2.45) is 5.92 Å². The summed E-state index contributed by atoms with van der Waals surface area (Å²) in [6.45, 7) is 8.22. The molecule has 26 heavy (non-hydrogen) atoms. The third-order valence-corrected chi connectivity index (χ3v) is 5.86. The molecule has 1 amide bonds. The van der Waals surface area contributed by atoms with Crippen molar-refractivity contribution < 1.29 is 9.53 Å². The van der Waals surface area contributed by atoms with Gasteiger partial charge in [-0.25, -0.2) is 0 Å². The second-order valence-corrected chi connectivity index (χ2v) is 7.73. The molecule has 3 aliphatic rings. The lowest BCUT2D eigenvalue weighted by atomic mass is 9.99. The number of hydrogen-bond acceptors (Lipinski definition) is 6. The Labute approximate surface area is 155 Å². The van der Waals surface area contributed by atoms with Gasteiger partial charge < -0.3 is 19.4 Å². The topological polar surface area (TPSA) is 61.8 Å². The van der Waals surface area contributed by atoms with Gasteiger partial charge in [0.15, 0.2) is 11.6 Å². The number of carbonyl (C=O) groups excluding carboxylic acids is 1. The van der Waals surface area contributed by atoms with E-state index >= 15 is 0 Å². The first-order chi connectivity index (χ1) is 12.7. The van der Waals surface area contributed by atoms with Gasteiger partial charge in [0.25, 0.3) is 5.91 Å². The highest BCUT2D eigenvalue weighted by Crippen LogP contribution is 2.23. The van der Waals surface area contributed by atoms with Crippen LogP contribution in [0.25, 0.3) is 0 Å². The predicted molar refractivity (Wildman–Crippen MR) is 100 cm³/mol. The minimum atomic E-state index is -0.215. The molecule has 7 heteroatoms. The molecule has 3 fully saturated rings. The van der Waals surface area contributed by atoms with E-state index < -0.39 is 0 Å². The molecule has 7 nitrogen and oxygen atoms in total. The number of piperazine rings is 1. The van der Waals surface area contributed by atoms with E-state index in [1.165, 1.54) is 12.8 Å². The molecular formula is C19H29N5O2. The van der Waals surface area contributed by atoms with Crippen molar-refractivity contribution in [2.75, 3.05) is 55.7 Å². The second kappa shape index (κ2) is 7.78. The zero-order valence-corrected chi connectivity index (χ0v) is 15.6. The quantitative estimate of drug-likeness (QED) is 0.816. The van der Waals surface area contributed by atoms with Crippen molar-refractivity contribution in [1.29, 1.82) is 0 Å². The molecular weight excluding hydrogens is 330 g/mol. The number of anilines is 2. The Morgan fingerprint density at radius 3 is 2.12 bits per heavy atom. The van der Waals surface area contributed by atoms with Crippen LogP contribution >= 0.6 is 0 Å². The van der Waals surface area contributed by atoms with Crippen molar-refractivity contribution in [3.8, 4) is 0 Å². The van der Waals surface area contributed by atoms with Crippen molar-refractivity contribution in [1.82, 2.24) is 15.1 Å². The number of hydrogen-bond donors (Lipinski definition) is 0. The highest BCUT2D eigenvalue weighted by Gasteiger charge is 2.30. The van der Waals surface area contributed by atoms with Gasteiger partial charge in [-0.2, -0.15) is 0 Å². The van der Waals surface area contributed by atoms with Crippen molar-refractivity contribution in [3.05, 3.63) is 12.1 Å². The molecule has 4 rings (SSSR count). The van der Waals surface area contributed by atoms with E-state index in [-0.39, 0.29) is 12.0 Å².